The third-order valence-corrected chi connectivity index (χ3v) is 4.95. The van der Waals surface area contributed by atoms with E-state index in [4.69, 9.17) is 22.3 Å². The van der Waals surface area contributed by atoms with Gasteiger partial charge in [-0.2, -0.15) is 0 Å². The summed E-state index contributed by atoms with van der Waals surface area (Å²) >= 11 is 5.98. The van der Waals surface area contributed by atoms with Gasteiger partial charge in [0.15, 0.2) is 0 Å². The highest BCUT2D eigenvalue weighted by molar-refractivity contribution is 8.13. The quantitative estimate of drug-likeness (QED) is 0.787. The molecule has 1 fully saturated rings. The van der Waals surface area contributed by atoms with E-state index in [0.29, 0.717) is 24.2 Å². The molecule has 0 spiro atoms. The minimum absolute atomic E-state index is 0.146. The SMILES string of the molecule is Cc1c(Cl)cc(S(=O)(=O)Cl)cc1C(=O)N1CCCC1. The van der Waals surface area contributed by atoms with Crippen LogP contribution in [0.1, 0.15) is 28.8 Å². The Morgan fingerprint density at radius 1 is 1.26 bits per heavy atom. The van der Waals surface area contributed by atoms with Crippen LogP contribution in [0.4, 0.5) is 0 Å². The van der Waals surface area contributed by atoms with Crippen LogP contribution >= 0.6 is 22.3 Å². The molecule has 0 radical (unpaired) electrons. The van der Waals surface area contributed by atoms with Crippen molar-refractivity contribution in [1.29, 1.82) is 0 Å². The number of hydrogen-bond donors (Lipinski definition) is 0. The molecule has 1 aliphatic heterocycles. The summed E-state index contributed by atoms with van der Waals surface area (Å²) in [7, 11) is 1.40. The van der Waals surface area contributed by atoms with E-state index in [2.05, 4.69) is 0 Å². The van der Waals surface area contributed by atoms with E-state index in [1.807, 2.05) is 0 Å². The van der Waals surface area contributed by atoms with Gasteiger partial charge < -0.3 is 4.90 Å². The van der Waals surface area contributed by atoms with Gasteiger partial charge >= 0.3 is 0 Å². The normalized spacial score (nSPS) is 15.8. The van der Waals surface area contributed by atoms with Crippen LogP contribution in [0.25, 0.3) is 0 Å². The summed E-state index contributed by atoms with van der Waals surface area (Å²) in [5.41, 5.74) is 0.872. The maximum atomic E-state index is 12.3. The first kappa shape index (κ1) is 14.6. The molecular weight excluding hydrogens is 309 g/mol. The van der Waals surface area contributed by atoms with Gasteiger partial charge in [0.25, 0.3) is 15.0 Å². The second kappa shape index (κ2) is 5.31. The molecule has 0 atom stereocenters. The minimum atomic E-state index is -3.90. The van der Waals surface area contributed by atoms with Crippen LogP contribution in [0.2, 0.25) is 5.02 Å². The zero-order valence-corrected chi connectivity index (χ0v) is 12.6. The lowest BCUT2D eigenvalue weighted by atomic mass is 10.1. The average Bonchev–Trinajstić information content (AvgIpc) is 2.83. The molecule has 1 heterocycles. The van der Waals surface area contributed by atoms with Gasteiger partial charge in [-0.05, 0) is 37.5 Å². The van der Waals surface area contributed by atoms with Crippen LogP contribution in [0.15, 0.2) is 17.0 Å². The van der Waals surface area contributed by atoms with Crippen molar-refractivity contribution in [2.45, 2.75) is 24.7 Å². The number of halogens is 2. The summed E-state index contributed by atoms with van der Waals surface area (Å²) in [6.45, 7) is 3.07. The van der Waals surface area contributed by atoms with Crippen LogP contribution in [-0.4, -0.2) is 32.3 Å². The van der Waals surface area contributed by atoms with Crippen molar-refractivity contribution < 1.29 is 13.2 Å². The van der Waals surface area contributed by atoms with Crippen LogP contribution in [0.3, 0.4) is 0 Å². The zero-order chi connectivity index (χ0) is 14.2. The number of benzene rings is 1. The Morgan fingerprint density at radius 3 is 2.37 bits per heavy atom. The van der Waals surface area contributed by atoms with E-state index in [1.54, 1.807) is 11.8 Å². The molecule has 1 aromatic carbocycles. The van der Waals surface area contributed by atoms with E-state index in [1.165, 1.54) is 12.1 Å². The Labute approximate surface area is 121 Å². The van der Waals surface area contributed by atoms with Gasteiger partial charge in [0.1, 0.15) is 0 Å². The molecule has 0 unspecified atom stereocenters. The molecule has 0 bridgehead atoms. The maximum Gasteiger partial charge on any atom is 0.261 e. The van der Waals surface area contributed by atoms with Crippen LogP contribution < -0.4 is 0 Å². The highest BCUT2D eigenvalue weighted by atomic mass is 35.7. The maximum absolute atomic E-state index is 12.3. The topological polar surface area (TPSA) is 54.5 Å². The van der Waals surface area contributed by atoms with E-state index >= 15 is 0 Å². The number of carbonyl (C=O) groups is 1. The number of likely N-dealkylation sites (tertiary alicyclic amines) is 1. The number of hydrogen-bond acceptors (Lipinski definition) is 3. The van der Waals surface area contributed by atoms with Crippen molar-refractivity contribution in [3.63, 3.8) is 0 Å². The molecule has 0 aromatic heterocycles. The highest BCUT2D eigenvalue weighted by Gasteiger charge is 2.24. The smallest absolute Gasteiger partial charge is 0.261 e. The van der Waals surface area contributed by atoms with E-state index < -0.39 is 9.05 Å². The Bertz CT molecular complexity index is 622. The molecule has 19 heavy (non-hydrogen) atoms. The highest BCUT2D eigenvalue weighted by Crippen LogP contribution is 2.28. The lowest BCUT2D eigenvalue weighted by molar-refractivity contribution is 0.0792. The fourth-order valence-electron chi connectivity index (χ4n) is 2.11. The number of nitrogens with zero attached hydrogens (tertiary/aromatic N) is 1. The van der Waals surface area contributed by atoms with E-state index in [0.717, 1.165) is 12.8 Å². The molecule has 1 aliphatic rings. The van der Waals surface area contributed by atoms with Crippen LogP contribution in [0, 0.1) is 6.92 Å². The summed E-state index contributed by atoms with van der Waals surface area (Å²) in [6, 6.07) is 2.56. The van der Waals surface area contributed by atoms with Crippen LogP contribution in [-0.2, 0) is 9.05 Å². The third kappa shape index (κ3) is 3.04. The predicted octanol–water partition coefficient (Wildman–Crippen LogP) is 2.81. The second-order valence-corrected chi connectivity index (χ2v) is 7.49. The summed E-state index contributed by atoms with van der Waals surface area (Å²) < 4.78 is 22.7. The van der Waals surface area contributed by atoms with Gasteiger partial charge in [-0.1, -0.05) is 11.6 Å². The van der Waals surface area contributed by atoms with Crippen LogP contribution in [0.5, 0.6) is 0 Å². The molecule has 0 saturated carbocycles. The number of rotatable bonds is 2. The molecule has 1 amide bonds. The Morgan fingerprint density at radius 2 is 1.84 bits per heavy atom. The molecule has 0 aliphatic carbocycles. The predicted molar refractivity (Wildman–Crippen MR) is 74.4 cm³/mol. The molecule has 2 rings (SSSR count). The first-order valence-electron chi connectivity index (χ1n) is 5.85. The summed E-state index contributed by atoms with van der Waals surface area (Å²) in [4.78, 5) is 13.9. The summed E-state index contributed by atoms with van der Waals surface area (Å²) in [5, 5.41) is 0.226. The van der Waals surface area contributed by atoms with Crippen molar-refractivity contribution in [3.05, 3.63) is 28.3 Å². The molecule has 4 nitrogen and oxygen atoms in total. The monoisotopic (exact) mass is 321 g/mol. The first-order valence-corrected chi connectivity index (χ1v) is 8.53. The van der Waals surface area contributed by atoms with E-state index in [9.17, 15) is 13.2 Å². The van der Waals surface area contributed by atoms with Crippen molar-refractivity contribution in [1.82, 2.24) is 4.90 Å². The largest absolute Gasteiger partial charge is 0.339 e. The summed E-state index contributed by atoms with van der Waals surface area (Å²) in [6.07, 6.45) is 1.93. The molecule has 1 aromatic rings. The standard InChI is InChI=1S/C12H13Cl2NO3S/c1-8-10(12(16)15-4-2-3-5-15)6-9(7-11(8)13)19(14,17)18/h6-7H,2-5H2,1H3. The molecule has 1 saturated heterocycles. The molecule has 104 valence electrons. The Balaban J connectivity index is 2.50. The second-order valence-electron chi connectivity index (χ2n) is 4.51. The first-order chi connectivity index (χ1) is 8.80. The fraction of sp³-hybridized carbons (Fsp3) is 0.417. The average molecular weight is 322 g/mol. The molecule has 0 N–H and O–H groups in total. The minimum Gasteiger partial charge on any atom is -0.339 e. The van der Waals surface area contributed by atoms with Gasteiger partial charge in [0.2, 0.25) is 0 Å². The Hall–Kier alpha value is -0.780. The lowest BCUT2D eigenvalue weighted by Crippen LogP contribution is -2.28. The number of amides is 1. The molecular formula is C12H13Cl2NO3S. The zero-order valence-electron chi connectivity index (χ0n) is 10.3. The lowest BCUT2D eigenvalue weighted by Gasteiger charge is -2.17. The van der Waals surface area contributed by atoms with Gasteiger partial charge in [-0.15, -0.1) is 0 Å². The van der Waals surface area contributed by atoms with Crippen molar-refractivity contribution in [2.24, 2.45) is 0 Å². The van der Waals surface area contributed by atoms with Crippen molar-refractivity contribution in [2.75, 3.05) is 13.1 Å². The molecule has 7 heteroatoms. The van der Waals surface area contributed by atoms with Gasteiger partial charge in [-0.3, -0.25) is 4.79 Å². The van der Waals surface area contributed by atoms with Crippen molar-refractivity contribution in [3.8, 4) is 0 Å². The Kier molecular flexibility index (Phi) is 4.08. The van der Waals surface area contributed by atoms with Gasteiger partial charge in [0.05, 0.1) is 4.90 Å². The number of carbonyl (C=O) groups excluding carboxylic acids is 1. The van der Waals surface area contributed by atoms with Crippen molar-refractivity contribution >= 4 is 37.2 Å². The third-order valence-electron chi connectivity index (χ3n) is 3.22. The van der Waals surface area contributed by atoms with Gasteiger partial charge in [-0.25, -0.2) is 8.42 Å². The fourth-order valence-corrected chi connectivity index (χ4v) is 3.18. The van der Waals surface area contributed by atoms with E-state index in [-0.39, 0.29) is 15.8 Å². The van der Waals surface area contributed by atoms with Gasteiger partial charge in [0, 0.05) is 34.4 Å². The summed E-state index contributed by atoms with van der Waals surface area (Å²) in [5.74, 6) is -0.195.